The standard InChI is InChI=1S/C20H20N4S2/c1-20(2)16-5-3-12(21-16)7-14-10-25-18(23-14)9-19-24-15(11-26-19)8-13-4-6-17(20)22-13/h3-6,10-11,21-22H,7-9H2,1-2H3. The average Bonchev–Trinajstić information content (AvgIpc) is 3.37. The minimum absolute atomic E-state index is 0.103. The molecule has 0 fully saturated rings. The molecule has 5 rings (SSSR count). The van der Waals surface area contributed by atoms with Gasteiger partial charge in [0, 0.05) is 51.8 Å². The summed E-state index contributed by atoms with van der Waals surface area (Å²) in [6.45, 7) is 4.51. The number of thiazole rings is 2. The van der Waals surface area contributed by atoms with Crippen LogP contribution in [0.4, 0.5) is 0 Å². The first kappa shape index (κ1) is 16.0. The number of hydrogen-bond donors (Lipinski definition) is 2. The van der Waals surface area contributed by atoms with Crippen molar-refractivity contribution in [3.05, 3.63) is 79.2 Å². The Morgan fingerprint density at radius 3 is 1.77 bits per heavy atom. The lowest BCUT2D eigenvalue weighted by Gasteiger charge is -2.22. The molecular formula is C20H20N4S2. The first-order chi connectivity index (χ1) is 12.6. The van der Waals surface area contributed by atoms with Crippen molar-refractivity contribution in [1.82, 2.24) is 19.9 Å². The summed E-state index contributed by atoms with van der Waals surface area (Å²) in [6, 6.07) is 8.77. The largest absolute Gasteiger partial charge is 0.361 e. The van der Waals surface area contributed by atoms with Crippen molar-refractivity contribution in [3.8, 4) is 0 Å². The quantitative estimate of drug-likeness (QED) is 0.466. The summed E-state index contributed by atoms with van der Waals surface area (Å²) in [5.41, 5.74) is 7.01. The van der Waals surface area contributed by atoms with Crippen LogP contribution in [-0.2, 0) is 24.7 Å². The molecule has 5 heterocycles. The van der Waals surface area contributed by atoms with Gasteiger partial charge in [-0.2, -0.15) is 0 Å². The fourth-order valence-corrected chi connectivity index (χ4v) is 5.19. The number of aromatic nitrogens is 4. The summed E-state index contributed by atoms with van der Waals surface area (Å²) < 4.78 is 0. The Kier molecular flexibility index (Phi) is 3.65. The highest BCUT2D eigenvalue weighted by atomic mass is 32.1. The molecule has 2 N–H and O–H groups in total. The molecule has 6 heteroatoms. The fraction of sp³-hybridized carbons (Fsp3) is 0.300. The van der Waals surface area contributed by atoms with Gasteiger partial charge in [0.1, 0.15) is 0 Å². The second-order valence-electron chi connectivity index (χ2n) is 7.41. The van der Waals surface area contributed by atoms with Crippen LogP contribution in [0.5, 0.6) is 0 Å². The van der Waals surface area contributed by atoms with E-state index in [4.69, 9.17) is 9.97 Å². The summed E-state index contributed by atoms with van der Waals surface area (Å²) in [5.74, 6) is 0. The van der Waals surface area contributed by atoms with Gasteiger partial charge in [-0.1, -0.05) is 0 Å². The van der Waals surface area contributed by atoms with E-state index in [0.717, 1.165) is 40.7 Å². The molecule has 0 radical (unpaired) electrons. The van der Waals surface area contributed by atoms with Gasteiger partial charge >= 0.3 is 0 Å². The van der Waals surface area contributed by atoms with Crippen molar-refractivity contribution in [2.24, 2.45) is 0 Å². The maximum Gasteiger partial charge on any atom is 0.0996 e. The van der Waals surface area contributed by atoms with Crippen molar-refractivity contribution in [2.75, 3.05) is 0 Å². The van der Waals surface area contributed by atoms with Crippen molar-refractivity contribution in [1.29, 1.82) is 0 Å². The minimum atomic E-state index is -0.103. The molecule has 0 atom stereocenters. The summed E-state index contributed by atoms with van der Waals surface area (Å²) in [5, 5.41) is 6.62. The average molecular weight is 381 g/mol. The molecule has 4 aromatic heterocycles. The molecule has 1 aliphatic rings. The number of nitrogens with one attached hydrogen (secondary N) is 2. The normalized spacial score (nSPS) is 15.9. The van der Waals surface area contributed by atoms with Crippen LogP contribution in [0, 0.1) is 0 Å². The van der Waals surface area contributed by atoms with Gasteiger partial charge in [0.05, 0.1) is 27.8 Å². The lowest BCUT2D eigenvalue weighted by atomic mass is 9.86. The number of hydrogen-bond acceptors (Lipinski definition) is 4. The third-order valence-corrected chi connectivity index (χ3v) is 6.88. The van der Waals surface area contributed by atoms with Crippen molar-refractivity contribution in [3.63, 3.8) is 0 Å². The van der Waals surface area contributed by atoms with E-state index in [2.05, 4.69) is 58.8 Å². The van der Waals surface area contributed by atoms with Gasteiger partial charge in [-0.15, -0.1) is 22.7 Å². The smallest absolute Gasteiger partial charge is 0.0996 e. The number of fused-ring (bicyclic) bond motifs is 8. The molecule has 132 valence electrons. The minimum Gasteiger partial charge on any atom is -0.361 e. The fourth-order valence-electron chi connectivity index (χ4n) is 3.50. The Bertz CT molecular complexity index is 981. The third kappa shape index (κ3) is 2.83. The molecule has 0 aromatic carbocycles. The van der Waals surface area contributed by atoms with E-state index in [-0.39, 0.29) is 5.41 Å². The lowest BCUT2D eigenvalue weighted by molar-refractivity contribution is 0.599. The van der Waals surface area contributed by atoms with E-state index in [0.29, 0.717) is 0 Å². The summed E-state index contributed by atoms with van der Waals surface area (Å²) in [6.07, 6.45) is 2.51. The SMILES string of the molecule is CC1(C)c2ccc([nH]2)Cc2csc(n2)Cc2nc(cs2)Cc2ccc1[nH]2. The molecule has 1 aliphatic heterocycles. The van der Waals surface area contributed by atoms with Crippen molar-refractivity contribution in [2.45, 2.75) is 38.5 Å². The molecule has 0 spiro atoms. The van der Waals surface area contributed by atoms with Crippen LogP contribution in [0.25, 0.3) is 0 Å². The highest BCUT2D eigenvalue weighted by Gasteiger charge is 2.26. The highest BCUT2D eigenvalue weighted by molar-refractivity contribution is 7.11. The first-order valence-electron chi connectivity index (χ1n) is 8.79. The Morgan fingerprint density at radius 2 is 1.27 bits per heavy atom. The second-order valence-corrected chi connectivity index (χ2v) is 9.30. The molecule has 0 amide bonds. The maximum atomic E-state index is 4.81. The Balaban J connectivity index is 1.60. The highest BCUT2D eigenvalue weighted by Crippen LogP contribution is 2.31. The number of aromatic amines is 2. The number of nitrogens with zero attached hydrogens (tertiary/aromatic N) is 2. The van der Waals surface area contributed by atoms with Crippen LogP contribution in [-0.4, -0.2) is 19.9 Å². The maximum absolute atomic E-state index is 4.81. The van der Waals surface area contributed by atoms with Gasteiger partial charge in [-0.05, 0) is 38.1 Å². The van der Waals surface area contributed by atoms with Crippen LogP contribution in [0.3, 0.4) is 0 Å². The molecule has 0 saturated carbocycles. The summed E-state index contributed by atoms with van der Waals surface area (Å²) in [4.78, 5) is 16.9. The van der Waals surface area contributed by atoms with Crippen LogP contribution in [0.1, 0.15) is 58.0 Å². The summed E-state index contributed by atoms with van der Waals surface area (Å²) in [7, 11) is 0. The second kappa shape index (κ2) is 5.93. The molecule has 4 nitrogen and oxygen atoms in total. The third-order valence-electron chi connectivity index (χ3n) is 5.08. The first-order valence-corrected chi connectivity index (χ1v) is 10.6. The molecular weight excluding hydrogens is 360 g/mol. The van der Waals surface area contributed by atoms with E-state index in [1.165, 1.54) is 22.8 Å². The Labute approximate surface area is 160 Å². The van der Waals surface area contributed by atoms with E-state index < -0.39 is 0 Å². The molecule has 0 unspecified atom stereocenters. The molecule has 0 aliphatic carbocycles. The summed E-state index contributed by atoms with van der Waals surface area (Å²) >= 11 is 3.46. The van der Waals surface area contributed by atoms with E-state index in [1.807, 2.05) is 0 Å². The van der Waals surface area contributed by atoms with Crippen molar-refractivity contribution >= 4 is 22.7 Å². The molecule has 0 saturated heterocycles. The van der Waals surface area contributed by atoms with E-state index in [1.54, 1.807) is 22.7 Å². The van der Waals surface area contributed by atoms with Crippen LogP contribution in [0.2, 0.25) is 0 Å². The van der Waals surface area contributed by atoms with Crippen LogP contribution < -0.4 is 0 Å². The molecule has 8 bridgehead atoms. The van der Waals surface area contributed by atoms with Gasteiger partial charge in [0.2, 0.25) is 0 Å². The van der Waals surface area contributed by atoms with Crippen LogP contribution >= 0.6 is 22.7 Å². The predicted octanol–water partition coefficient (Wildman–Crippen LogP) is 4.67. The zero-order chi connectivity index (χ0) is 17.7. The van der Waals surface area contributed by atoms with Crippen molar-refractivity contribution < 1.29 is 0 Å². The zero-order valence-corrected chi connectivity index (χ0v) is 16.4. The Morgan fingerprint density at radius 1 is 0.769 bits per heavy atom. The van der Waals surface area contributed by atoms with E-state index in [9.17, 15) is 0 Å². The number of rotatable bonds is 0. The van der Waals surface area contributed by atoms with Gasteiger partial charge in [-0.25, -0.2) is 9.97 Å². The number of H-pyrrole nitrogens is 2. The Hall–Kier alpha value is -2.18. The topological polar surface area (TPSA) is 57.4 Å². The van der Waals surface area contributed by atoms with Gasteiger partial charge in [0.15, 0.2) is 0 Å². The monoisotopic (exact) mass is 380 g/mol. The van der Waals surface area contributed by atoms with Gasteiger partial charge in [0.25, 0.3) is 0 Å². The molecule has 26 heavy (non-hydrogen) atoms. The van der Waals surface area contributed by atoms with Gasteiger partial charge in [-0.3, -0.25) is 0 Å². The predicted molar refractivity (Wildman–Crippen MR) is 106 cm³/mol. The van der Waals surface area contributed by atoms with E-state index >= 15 is 0 Å². The zero-order valence-electron chi connectivity index (χ0n) is 14.8. The van der Waals surface area contributed by atoms with Gasteiger partial charge < -0.3 is 9.97 Å². The molecule has 4 aromatic rings. The lowest BCUT2D eigenvalue weighted by Crippen LogP contribution is -2.20. The van der Waals surface area contributed by atoms with Crippen LogP contribution in [0.15, 0.2) is 35.0 Å².